The molecule has 0 aliphatic rings. The van der Waals surface area contributed by atoms with E-state index >= 15 is 0 Å². The van der Waals surface area contributed by atoms with E-state index < -0.39 is 0 Å². The molecule has 0 bridgehead atoms. The van der Waals surface area contributed by atoms with Crippen molar-refractivity contribution in [3.63, 3.8) is 0 Å². The summed E-state index contributed by atoms with van der Waals surface area (Å²) >= 11 is 0. The molecule has 1 aromatic carbocycles. The fourth-order valence-electron chi connectivity index (χ4n) is 2.52. The van der Waals surface area contributed by atoms with Gasteiger partial charge in [-0.2, -0.15) is 0 Å². The highest BCUT2D eigenvalue weighted by Gasteiger charge is 2.12. The zero-order valence-electron chi connectivity index (χ0n) is 13.8. The van der Waals surface area contributed by atoms with E-state index in [0.29, 0.717) is 12.8 Å². The number of nitrogens with zero attached hydrogens (tertiary/aromatic N) is 1. The van der Waals surface area contributed by atoms with E-state index in [1.807, 2.05) is 60.9 Å². The summed E-state index contributed by atoms with van der Waals surface area (Å²) in [5.41, 5.74) is 1.12. The maximum Gasteiger partial charge on any atom is 0.220 e. The summed E-state index contributed by atoms with van der Waals surface area (Å²) in [5.74, 6) is 0.0121. The van der Waals surface area contributed by atoms with E-state index in [1.54, 1.807) is 0 Å². The number of rotatable bonds is 9. The number of hydrogen-bond acceptors (Lipinski definition) is 2. The highest BCUT2D eigenvalue weighted by atomic mass is 79.9. The normalized spacial score (nSPS) is 11.4. The second kappa shape index (κ2) is 11.8. The van der Waals surface area contributed by atoms with E-state index in [1.165, 1.54) is 0 Å². The van der Waals surface area contributed by atoms with Gasteiger partial charge >= 0.3 is 0 Å². The summed E-state index contributed by atoms with van der Waals surface area (Å²) in [7, 11) is 0. The van der Waals surface area contributed by atoms with Crippen LogP contribution in [0.5, 0.6) is 0 Å². The Morgan fingerprint density at radius 3 is 2.38 bits per heavy atom. The quantitative estimate of drug-likeness (QED) is 0.419. The van der Waals surface area contributed by atoms with E-state index in [-0.39, 0.29) is 35.5 Å². The number of amides is 1. The van der Waals surface area contributed by atoms with Crippen molar-refractivity contribution in [1.29, 1.82) is 0 Å². The Morgan fingerprint density at radius 1 is 1.04 bits per heavy atom. The van der Waals surface area contributed by atoms with Gasteiger partial charge < -0.3 is 27.4 Å². The van der Waals surface area contributed by atoms with Crippen LogP contribution in [0.4, 0.5) is 0 Å². The third kappa shape index (κ3) is 7.70. The first kappa shape index (κ1) is 20.3. The van der Waals surface area contributed by atoms with Crippen molar-refractivity contribution < 1.29 is 31.4 Å². The molecule has 0 fully saturated rings. The van der Waals surface area contributed by atoms with Crippen LogP contribution in [-0.4, -0.2) is 23.7 Å². The zero-order valence-corrected chi connectivity index (χ0v) is 15.4. The molecule has 24 heavy (non-hydrogen) atoms. The van der Waals surface area contributed by atoms with Gasteiger partial charge in [0.2, 0.25) is 5.91 Å². The first-order valence-corrected chi connectivity index (χ1v) is 8.16. The number of hydrogen-bond donors (Lipinski definition) is 2. The van der Waals surface area contributed by atoms with Crippen LogP contribution in [-0.2, 0) is 17.8 Å². The van der Waals surface area contributed by atoms with Crippen LogP contribution in [0, 0.1) is 0 Å². The summed E-state index contributed by atoms with van der Waals surface area (Å²) < 4.78 is 2.11. The van der Waals surface area contributed by atoms with Crippen molar-refractivity contribution in [3.8, 4) is 0 Å². The van der Waals surface area contributed by atoms with Gasteiger partial charge in [-0.15, -0.1) is 0 Å². The third-order valence-corrected chi connectivity index (χ3v) is 3.76. The minimum Gasteiger partial charge on any atom is -1.00 e. The molecule has 0 saturated carbocycles. The first-order chi connectivity index (χ1) is 11.3. The van der Waals surface area contributed by atoms with Crippen molar-refractivity contribution in [2.75, 3.05) is 6.61 Å². The average Bonchev–Trinajstić information content (AvgIpc) is 2.60. The number of nitrogens with one attached hydrogen (secondary N) is 1. The number of aryl methyl sites for hydroxylation is 1. The highest BCUT2D eigenvalue weighted by Crippen LogP contribution is 2.04. The maximum atomic E-state index is 12.0. The van der Waals surface area contributed by atoms with Gasteiger partial charge in [0.25, 0.3) is 0 Å². The van der Waals surface area contributed by atoms with E-state index in [0.717, 1.165) is 24.9 Å². The molecule has 2 aromatic rings. The molecular formula is C19H25BrN2O2. The molecule has 4 nitrogen and oxygen atoms in total. The Bertz CT molecular complexity index is 578. The Morgan fingerprint density at radius 2 is 1.71 bits per heavy atom. The molecule has 130 valence electrons. The minimum absolute atomic E-state index is 0. The van der Waals surface area contributed by atoms with Gasteiger partial charge in [0.05, 0.1) is 12.6 Å². The molecule has 1 aromatic heterocycles. The fourth-order valence-corrected chi connectivity index (χ4v) is 2.52. The molecule has 0 saturated heterocycles. The molecule has 0 aliphatic carbocycles. The van der Waals surface area contributed by atoms with Gasteiger partial charge in [-0.3, -0.25) is 4.79 Å². The summed E-state index contributed by atoms with van der Waals surface area (Å²) in [6.45, 7) is 0.877. The first-order valence-electron chi connectivity index (χ1n) is 8.16. The molecule has 0 radical (unpaired) electrons. The van der Waals surface area contributed by atoms with Crippen LogP contribution in [0.25, 0.3) is 0 Å². The average molecular weight is 393 g/mol. The number of carbonyl (C=O) groups is 1. The summed E-state index contributed by atoms with van der Waals surface area (Å²) in [6.07, 6.45) is 7.02. The Labute approximate surface area is 154 Å². The van der Waals surface area contributed by atoms with E-state index in [9.17, 15) is 9.90 Å². The summed E-state index contributed by atoms with van der Waals surface area (Å²) in [6, 6.07) is 15.7. The molecule has 2 N–H and O–H groups in total. The fraction of sp³-hybridized carbons (Fsp3) is 0.368. The van der Waals surface area contributed by atoms with Crippen molar-refractivity contribution in [1.82, 2.24) is 5.32 Å². The number of aliphatic hydroxyl groups is 1. The van der Waals surface area contributed by atoms with Crippen molar-refractivity contribution in [2.45, 2.75) is 38.3 Å². The molecule has 0 spiro atoms. The van der Waals surface area contributed by atoms with Crippen molar-refractivity contribution in [3.05, 3.63) is 66.5 Å². The number of aromatic nitrogens is 1. The molecular weight excluding hydrogens is 368 g/mol. The van der Waals surface area contributed by atoms with Crippen molar-refractivity contribution in [2.24, 2.45) is 0 Å². The molecule has 2 rings (SSSR count). The predicted octanol–water partition coefficient (Wildman–Crippen LogP) is -1.13. The summed E-state index contributed by atoms with van der Waals surface area (Å²) in [4.78, 5) is 12.0. The van der Waals surface area contributed by atoms with Gasteiger partial charge in [0, 0.05) is 25.0 Å². The smallest absolute Gasteiger partial charge is 0.220 e. The van der Waals surface area contributed by atoms with Crippen LogP contribution in [0.1, 0.15) is 24.8 Å². The van der Waals surface area contributed by atoms with Gasteiger partial charge in [-0.05, 0) is 18.4 Å². The largest absolute Gasteiger partial charge is 1.00 e. The minimum atomic E-state index is -0.214. The monoisotopic (exact) mass is 392 g/mol. The Hall–Kier alpha value is -1.72. The molecule has 1 heterocycles. The van der Waals surface area contributed by atoms with Crippen molar-refractivity contribution >= 4 is 5.91 Å². The van der Waals surface area contributed by atoms with Gasteiger partial charge in [0.1, 0.15) is 6.54 Å². The lowest BCUT2D eigenvalue weighted by atomic mass is 10.1. The Balaban J connectivity index is 0.00000288. The Kier molecular flexibility index (Phi) is 9.96. The highest BCUT2D eigenvalue weighted by molar-refractivity contribution is 5.76. The maximum absolute atomic E-state index is 12.0. The van der Waals surface area contributed by atoms with E-state index in [2.05, 4.69) is 9.88 Å². The molecule has 1 unspecified atom stereocenters. The van der Waals surface area contributed by atoms with Gasteiger partial charge in [-0.1, -0.05) is 36.4 Å². The molecule has 0 aliphatic heterocycles. The molecule has 5 heteroatoms. The number of halogens is 1. The number of benzene rings is 1. The standard InChI is InChI=1S/C19H24N2O2.BrH/c22-16-18(15-17-9-3-1-4-10-17)20-19(23)11-5-8-14-21-12-6-2-7-13-21;/h1-4,6-7,9-10,12-13,18,22H,5,8,11,14-16H2;1H. The van der Waals surface area contributed by atoms with Crippen LogP contribution in [0.3, 0.4) is 0 Å². The number of unbranched alkanes of at least 4 members (excludes halogenated alkanes) is 1. The second-order valence-corrected chi connectivity index (χ2v) is 5.71. The van der Waals surface area contributed by atoms with Gasteiger partial charge in [-0.25, -0.2) is 4.57 Å². The van der Waals surface area contributed by atoms with Crippen LogP contribution in [0.2, 0.25) is 0 Å². The predicted molar refractivity (Wildman–Crippen MR) is 89.7 cm³/mol. The number of aliphatic hydroxyl groups excluding tert-OH is 1. The number of carbonyl (C=O) groups excluding carboxylic acids is 1. The van der Waals surface area contributed by atoms with Gasteiger partial charge in [0.15, 0.2) is 12.4 Å². The summed E-state index contributed by atoms with van der Waals surface area (Å²) in [5, 5.41) is 12.4. The lowest BCUT2D eigenvalue weighted by molar-refractivity contribution is -0.697. The molecule has 1 atom stereocenters. The lowest BCUT2D eigenvalue weighted by Gasteiger charge is -2.16. The lowest BCUT2D eigenvalue weighted by Crippen LogP contribution is -3.00. The zero-order chi connectivity index (χ0) is 16.3. The van der Waals surface area contributed by atoms with Crippen LogP contribution in [0.15, 0.2) is 60.9 Å². The number of pyridine rings is 1. The van der Waals surface area contributed by atoms with Crippen LogP contribution < -0.4 is 26.9 Å². The molecule has 1 amide bonds. The van der Waals surface area contributed by atoms with E-state index in [4.69, 9.17) is 0 Å². The topological polar surface area (TPSA) is 53.2 Å². The third-order valence-electron chi connectivity index (χ3n) is 3.76. The van der Waals surface area contributed by atoms with Crippen LogP contribution >= 0.6 is 0 Å². The SMILES string of the molecule is O=C(CCCC[n+]1ccccc1)NC(CO)Cc1ccccc1.[Br-]. The second-order valence-electron chi connectivity index (χ2n) is 5.71.